The number of alkyl halides is 3. The fraction of sp³-hybridized carbons (Fsp3) is 0.562. The van der Waals surface area contributed by atoms with E-state index in [0.717, 1.165) is 18.9 Å². The fourth-order valence-electron chi connectivity index (χ4n) is 3.00. The van der Waals surface area contributed by atoms with Crippen molar-refractivity contribution in [2.24, 2.45) is 5.92 Å². The van der Waals surface area contributed by atoms with Crippen molar-refractivity contribution in [1.29, 1.82) is 0 Å². The molecule has 0 saturated carbocycles. The number of benzene rings is 1. The van der Waals surface area contributed by atoms with Crippen molar-refractivity contribution in [2.75, 3.05) is 19.7 Å². The van der Waals surface area contributed by atoms with Crippen molar-refractivity contribution < 1.29 is 23.1 Å². The molecule has 1 aromatic carbocycles. The van der Waals surface area contributed by atoms with Crippen molar-refractivity contribution in [1.82, 2.24) is 4.90 Å². The van der Waals surface area contributed by atoms with Crippen LogP contribution in [0, 0.1) is 5.92 Å². The van der Waals surface area contributed by atoms with Gasteiger partial charge in [0.2, 0.25) is 5.91 Å². The number of nitrogens with zero attached hydrogens (tertiary/aromatic N) is 1. The zero-order valence-electron chi connectivity index (χ0n) is 12.3. The number of likely N-dealkylation sites (tertiary alicyclic amines) is 1. The third-order valence-electron chi connectivity index (χ3n) is 4.15. The Balaban J connectivity index is 1.97. The largest absolute Gasteiger partial charge is 0.416 e. The molecule has 1 atom stereocenters. The molecule has 1 heterocycles. The number of piperidine rings is 1. The lowest BCUT2D eigenvalue weighted by atomic mass is 9.90. The smallest absolute Gasteiger partial charge is 0.387 e. The summed E-state index contributed by atoms with van der Waals surface area (Å²) in [6.07, 6.45) is -1.63. The second-order valence-electron chi connectivity index (χ2n) is 5.70. The van der Waals surface area contributed by atoms with Crippen LogP contribution in [0.3, 0.4) is 0 Å². The van der Waals surface area contributed by atoms with Crippen LogP contribution in [0.4, 0.5) is 13.2 Å². The van der Waals surface area contributed by atoms with Crippen LogP contribution in [0.2, 0.25) is 0 Å². The van der Waals surface area contributed by atoms with Crippen molar-refractivity contribution in [2.45, 2.75) is 31.9 Å². The molecule has 1 aromatic rings. The standard InChI is InChI=1S/C16H20F3NO2/c17-16(18,19)14-6-2-1-5-13(14)8-7-12-4-3-9-20(10-12)15(22)11-21/h1-2,5-6,12,21H,3-4,7-11H2. The van der Waals surface area contributed by atoms with Gasteiger partial charge in [0.05, 0.1) is 5.56 Å². The number of carbonyl (C=O) groups excluding carboxylic acids is 1. The fourth-order valence-corrected chi connectivity index (χ4v) is 3.00. The SMILES string of the molecule is O=C(CO)N1CCCC(CCc2ccccc2C(F)(F)F)C1. The molecule has 1 aliphatic rings. The summed E-state index contributed by atoms with van der Waals surface area (Å²) in [7, 11) is 0. The van der Waals surface area contributed by atoms with Gasteiger partial charge in [-0.15, -0.1) is 0 Å². The lowest BCUT2D eigenvalue weighted by Gasteiger charge is -2.32. The minimum absolute atomic E-state index is 0.186. The van der Waals surface area contributed by atoms with Gasteiger partial charge in [-0.2, -0.15) is 13.2 Å². The van der Waals surface area contributed by atoms with Crippen LogP contribution in [0.5, 0.6) is 0 Å². The second-order valence-corrected chi connectivity index (χ2v) is 5.70. The molecule has 1 amide bonds. The Kier molecular flexibility index (Phi) is 5.45. The van der Waals surface area contributed by atoms with Gasteiger partial charge in [0.1, 0.15) is 6.61 Å². The molecule has 1 saturated heterocycles. The third kappa shape index (κ3) is 4.22. The number of hydrogen-bond donors (Lipinski definition) is 1. The zero-order valence-corrected chi connectivity index (χ0v) is 12.3. The first kappa shape index (κ1) is 16.8. The molecule has 1 unspecified atom stereocenters. The molecule has 3 nitrogen and oxygen atoms in total. The molecule has 0 bridgehead atoms. The van der Waals surface area contributed by atoms with E-state index in [2.05, 4.69) is 0 Å². The average Bonchev–Trinajstić information content (AvgIpc) is 2.52. The number of amides is 1. The van der Waals surface area contributed by atoms with E-state index >= 15 is 0 Å². The summed E-state index contributed by atoms with van der Waals surface area (Å²) in [5, 5.41) is 8.89. The third-order valence-corrected chi connectivity index (χ3v) is 4.15. The lowest BCUT2D eigenvalue weighted by Crippen LogP contribution is -2.41. The molecule has 0 aromatic heterocycles. The number of halogens is 3. The molecule has 122 valence electrons. The molecule has 0 radical (unpaired) electrons. The van der Waals surface area contributed by atoms with Gasteiger partial charge in [0.15, 0.2) is 0 Å². The Morgan fingerprint density at radius 2 is 2.05 bits per heavy atom. The predicted molar refractivity (Wildman–Crippen MR) is 76.2 cm³/mol. The highest BCUT2D eigenvalue weighted by molar-refractivity contribution is 5.77. The van der Waals surface area contributed by atoms with Gasteiger partial charge < -0.3 is 10.0 Å². The minimum atomic E-state index is -4.33. The van der Waals surface area contributed by atoms with E-state index in [1.807, 2.05) is 0 Å². The van der Waals surface area contributed by atoms with Crippen LogP contribution < -0.4 is 0 Å². The molecule has 0 aliphatic carbocycles. The summed E-state index contributed by atoms with van der Waals surface area (Å²) in [4.78, 5) is 13.1. The number of carbonyl (C=O) groups is 1. The van der Waals surface area contributed by atoms with Gasteiger partial charge in [-0.25, -0.2) is 0 Å². The molecule has 6 heteroatoms. The number of hydrogen-bond acceptors (Lipinski definition) is 2. The predicted octanol–water partition coefficient (Wildman–Crippen LogP) is 2.87. The number of rotatable bonds is 4. The van der Waals surface area contributed by atoms with Gasteiger partial charge in [-0.05, 0) is 43.2 Å². The number of aliphatic hydroxyl groups is 1. The zero-order chi connectivity index (χ0) is 16.2. The Labute approximate surface area is 127 Å². The second kappa shape index (κ2) is 7.13. The number of aliphatic hydroxyl groups excluding tert-OH is 1. The van der Waals surface area contributed by atoms with Gasteiger partial charge in [0, 0.05) is 13.1 Å². The van der Waals surface area contributed by atoms with Crippen LogP contribution in [0.25, 0.3) is 0 Å². The maximum atomic E-state index is 12.9. The first-order valence-corrected chi connectivity index (χ1v) is 7.45. The summed E-state index contributed by atoms with van der Waals surface area (Å²) >= 11 is 0. The molecule has 1 fully saturated rings. The monoisotopic (exact) mass is 315 g/mol. The highest BCUT2D eigenvalue weighted by Crippen LogP contribution is 2.33. The van der Waals surface area contributed by atoms with Gasteiger partial charge in [0.25, 0.3) is 0 Å². The topological polar surface area (TPSA) is 40.5 Å². The minimum Gasteiger partial charge on any atom is -0.387 e. The summed E-state index contributed by atoms with van der Waals surface area (Å²) in [6, 6.07) is 5.64. The summed E-state index contributed by atoms with van der Waals surface area (Å²) in [5.74, 6) is -0.120. The van der Waals surface area contributed by atoms with E-state index in [9.17, 15) is 18.0 Å². The Hall–Kier alpha value is -1.56. The summed E-state index contributed by atoms with van der Waals surface area (Å²) in [5.41, 5.74) is -0.269. The quantitative estimate of drug-likeness (QED) is 0.928. The molecule has 2 rings (SSSR count). The van der Waals surface area contributed by atoms with Crippen LogP contribution in [-0.4, -0.2) is 35.6 Å². The molecule has 0 spiro atoms. The van der Waals surface area contributed by atoms with Crippen molar-refractivity contribution in [3.05, 3.63) is 35.4 Å². The Morgan fingerprint density at radius 3 is 2.73 bits per heavy atom. The van der Waals surface area contributed by atoms with E-state index in [1.54, 1.807) is 11.0 Å². The first-order chi connectivity index (χ1) is 10.4. The van der Waals surface area contributed by atoms with Crippen LogP contribution in [0.15, 0.2) is 24.3 Å². The average molecular weight is 315 g/mol. The summed E-state index contributed by atoms with van der Waals surface area (Å²) < 4.78 is 38.8. The van der Waals surface area contributed by atoms with Crippen LogP contribution in [-0.2, 0) is 17.4 Å². The van der Waals surface area contributed by atoms with Gasteiger partial charge >= 0.3 is 6.18 Å². The van der Waals surface area contributed by atoms with Crippen molar-refractivity contribution in [3.63, 3.8) is 0 Å². The van der Waals surface area contributed by atoms with Gasteiger partial charge in [-0.1, -0.05) is 18.2 Å². The van der Waals surface area contributed by atoms with Crippen molar-refractivity contribution >= 4 is 5.91 Å². The highest BCUT2D eigenvalue weighted by atomic mass is 19.4. The molecule has 1 aliphatic heterocycles. The maximum Gasteiger partial charge on any atom is 0.416 e. The highest BCUT2D eigenvalue weighted by Gasteiger charge is 2.33. The Morgan fingerprint density at radius 1 is 1.32 bits per heavy atom. The van der Waals surface area contributed by atoms with Gasteiger partial charge in [-0.3, -0.25) is 4.79 Å². The maximum absolute atomic E-state index is 12.9. The first-order valence-electron chi connectivity index (χ1n) is 7.45. The molecule has 1 N–H and O–H groups in total. The van der Waals surface area contributed by atoms with E-state index in [-0.39, 0.29) is 11.8 Å². The van der Waals surface area contributed by atoms with E-state index < -0.39 is 18.3 Å². The van der Waals surface area contributed by atoms with Crippen LogP contribution >= 0.6 is 0 Å². The van der Waals surface area contributed by atoms with Crippen molar-refractivity contribution in [3.8, 4) is 0 Å². The molecular formula is C16H20F3NO2. The molecular weight excluding hydrogens is 295 g/mol. The Bertz CT molecular complexity index is 516. The molecule has 22 heavy (non-hydrogen) atoms. The van der Waals surface area contributed by atoms with Crippen LogP contribution in [0.1, 0.15) is 30.4 Å². The normalized spacial score (nSPS) is 19.3. The number of aryl methyl sites for hydroxylation is 1. The summed E-state index contributed by atoms with van der Waals surface area (Å²) in [6.45, 7) is 0.631. The van der Waals surface area contributed by atoms with E-state index in [4.69, 9.17) is 5.11 Å². The van der Waals surface area contributed by atoms with E-state index in [0.29, 0.717) is 31.5 Å². The van der Waals surface area contributed by atoms with E-state index in [1.165, 1.54) is 12.1 Å². The lowest BCUT2D eigenvalue weighted by molar-refractivity contribution is -0.138.